The number of carbonyl (C=O) groups excluding carboxylic acids is 1. The highest BCUT2D eigenvalue weighted by Gasteiger charge is 2.33. The third-order valence-corrected chi connectivity index (χ3v) is 7.33. The predicted octanol–water partition coefficient (Wildman–Crippen LogP) is 3.77. The molecule has 0 fully saturated rings. The Balaban J connectivity index is 1.95. The summed E-state index contributed by atoms with van der Waals surface area (Å²) in [5, 5.41) is 10.7. The first-order valence-corrected chi connectivity index (χ1v) is 12.5. The summed E-state index contributed by atoms with van der Waals surface area (Å²) in [6.45, 7) is 3.67. The molecule has 1 aliphatic heterocycles. The van der Waals surface area contributed by atoms with Gasteiger partial charge in [0.05, 0.1) is 39.1 Å². The molecule has 2 aromatic carbocycles. The molecule has 0 saturated carbocycles. The number of allylic oxidation sites excluding steroid dienone is 1. The molecule has 7 nitrogen and oxygen atoms in total. The third-order valence-electron chi connectivity index (χ3n) is 5.27. The molecule has 34 heavy (non-hydrogen) atoms. The van der Waals surface area contributed by atoms with E-state index in [9.17, 15) is 14.7 Å². The van der Waals surface area contributed by atoms with E-state index in [1.165, 1.54) is 23.0 Å². The van der Waals surface area contributed by atoms with Crippen LogP contribution in [0.1, 0.15) is 31.0 Å². The Kier molecular flexibility index (Phi) is 7.15. The summed E-state index contributed by atoms with van der Waals surface area (Å²) in [4.78, 5) is 31.5. The van der Waals surface area contributed by atoms with Crippen molar-refractivity contribution >= 4 is 57.6 Å². The van der Waals surface area contributed by atoms with Crippen LogP contribution < -0.4 is 19.6 Å². The Labute approximate surface area is 217 Å². The van der Waals surface area contributed by atoms with Crippen LogP contribution in [0, 0.1) is 3.57 Å². The number of halogens is 2. The molecule has 2 heterocycles. The third kappa shape index (κ3) is 4.51. The SMILES string of the molecule is CCOC(=O)C1=C(C)N=c2s/c(=C\c3cc(I)c(O)c(OC)c3)c(=O)n2C1c1ccc(Cl)cc1. The number of benzene rings is 2. The van der Waals surface area contributed by atoms with E-state index in [2.05, 4.69) is 4.99 Å². The number of carbonyl (C=O) groups is 1. The van der Waals surface area contributed by atoms with E-state index >= 15 is 0 Å². The molecule has 0 aliphatic carbocycles. The number of hydrogen-bond acceptors (Lipinski definition) is 7. The molecule has 176 valence electrons. The van der Waals surface area contributed by atoms with Crippen LogP contribution in [0.25, 0.3) is 6.08 Å². The minimum atomic E-state index is -0.704. The fraction of sp³-hybridized carbons (Fsp3) is 0.208. The molecule has 1 N–H and O–H groups in total. The number of phenols is 1. The highest BCUT2D eigenvalue weighted by molar-refractivity contribution is 14.1. The van der Waals surface area contributed by atoms with Gasteiger partial charge in [-0.1, -0.05) is 35.1 Å². The lowest BCUT2D eigenvalue weighted by molar-refractivity contribution is -0.139. The van der Waals surface area contributed by atoms with E-state index < -0.39 is 12.0 Å². The zero-order valence-electron chi connectivity index (χ0n) is 18.5. The number of methoxy groups -OCH3 is 1. The van der Waals surface area contributed by atoms with Crippen molar-refractivity contribution in [3.05, 3.63) is 87.1 Å². The van der Waals surface area contributed by atoms with E-state index in [1.54, 1.807) is 56.3 Å². The Bertz CT molecular complexity index is 1490. The van der Waals surface area contributed by atoms with Gasteiger partial charge in [-0.05, 0) is 77.9 Å². The number of rotatable bonds is 5. The zero-order chi connectivity index (χ0) is 24.6. The molecule has 0 radical (unpaired) electrons. The van der Waals surface area contributed by atoms with Gasteiger partial charge in [0.1, 0.15) is 0 Å². The van der Waals surface area contributed by atoms with Crippen molar-refractivity contribution in [2.45, 2.75) is 19.9 Å². The highest BCUT2D eigenvalue weighted by atomic mass is 127. The number of thiazole rings is 1. The Hall–Kier alpha value is -2.63. The van der Waals surface area contributed by atoms with E-state index in [1.807, 2.05) is 22.6 Å². The fourth-order valence-corrected chi connectivity index (χ4v) is 5.53. The first-order valence-electron chi connectivity index (χ1n) is 10.3. The Morgan fingerprint density at radius 1 is 1.32 bits per heavy atom. The minimum absolute atomic E-state index is 0.0409. The van der Waals surface area contributed by atoms with Crippen molar-refractivity contribution in [1.82, 2.24) is 4.57 Å². The average Bonchev–Trinajstić information content (AvgIpc) is 3.10. The van der Waals surface area contributed by atoms with Gasteiger partial charge >= 0.3 is 5.97 Å². The standard InChI is InChI=1S/C24H20ClIN2O5S/c1-4-33-23(31)19-12(2)27-24-28(20(19)14-5-7-15(25)8-6-14)22(30)18(34-24)11-13-9-16(26)21(29)17(10-13)32-3/h5-11,20,29H,4H2,1-3H3/b18-11-. The van der Waals surface area contributed by atoms with E-state index in [0.717, 1.165) is 5.56 Å². The van der Waals surface area contributed by atoms with Crippen LogP contribution in [0.3, 0.4) is 0 Å². The maximum absolute atomic E-state index is 13.6. The molecule has 0 bridgehead atoms. The van der Waals surface area contributed by atoms with Crippen LogP contribution in [-0.4, -0.2) is 29.4 Å². The smallest absolute Gasteiger partial charge is 0.338 e. The van der Waals surface area contributed by atoms with Crippen molar-refractivity contribution in [2.24, 2.45) is 4.99 Å². The highest BCUT2D eigenvalue weighted by Crippen LogP contribution is 2.33. The van der Waals surface area contributed by atoms with Crippen molar-refractivity contribution in [3.63, 3.8) is 0 Å². The number of phenolic OH excluding ortho intramolecular Hbond substituents is 1. The van der Waals surface area contributed by atoms with Crippen molar-refractivity contribution in [2.75, 3.05) is 13.7 Å². The molecule has 4 rings (SSSR count). The van der Waals surface area contributed by atoms with Gasteiger partial charge in [-0.15, -0.1) is 0 Å². The molecule has 1 atom stereocenters. The minimum Gasteiger partial charge on any atom is -0.504 e. The molecule has 1 aromatic heterocycles. The second-order valence-corrected chi connectivity index (χ2v) is 10.0. The second kappa shape index (κ2) is 9.93. The average molecular weight is 611 g/mol. The van der Waals surface area contributed by atoms with Crippen LogP contribution in [-0.2, 0) is 9.53 Å². The molecule has 0 amide bonds. The number of esters is 1. The van der Waals surface area contributed by atoms with Crippen molar-refractivity contribution in [3.8, 4) is 11.5 Å². The molecule has 0 spiro atoms. The summed E-state index contributed by atoms with van der Waals surface area (Å²) >= 11 is 9.31. The van der Waals surface area contributed by atoms with Gasteiger partial charge in [0.15, 0.2) is 16.3 Å². The molecule has 10 heteroatoms. The summed E-state index contributed by atoms with van der Waals surface area (Å²) in [5.74, 6) is -0.166. The van der Waals surface area contributed by atoms with Crippen LogP contribution in [0.4, 0.5) is 0 Å². The van der Waals surface area contributed by atoms with Gasteiger partial charge < -0.3 is 14.6 Å². The summed E-state index contributed by atoms with van der Waals surface area (Å²) < 4.78 is 13.1. The summed E-state index contributed by atoms with van der Waals surface area (Å²) in [6, 6.07) is 9.71. The normalized spacial score (nSPS) is 15.7. The van der Waals surface area contributed by atoms with E-state index in [-0.39, 0.29) is 17.9 Å². The number of nitrogens with zero attached hydrogens (tertiary/aromatic N) is 2. The lowest BCUT2D eigenvalue weighted by atomic mass is 9.96. The maximum atomic E-state index is 13.6. The van der Waals surface area contributed by atoms with Gasteiger partial charge in [-0.25, -0.2) is 9.79 Å². The van der Waals surface area contributed by atoms with Gasteiger partial charge in [0.25, 0.3) is 5.56 Å². The monoisotopic (exact) mass is 610 g/mol. The topological polar surface area (TPSA) is 90.1 Å². The zero-order valence-corrected chi connectivity index (χ0v) is 22.2. The molecular weight excluding hydrogens is 591 g/mol. The lowest BCUT2D eigenvalue weighted by Gasteiger charge is -2.24. The van der Waals surface area contributed by atoms with E-state index in [4.69, 9.17) is 21.1 Å². The van der Waals surface area contributed by atoms with Crippen LogP contribution in [0.15, 0.2) is 57.5 Å². The molecular formula is C24H20ClIN2O5S. The number of fused-ring (bicyclic) bond motifs is 1. The molecule has 0 saturated heterocycles. The maximum Gasteiger partial charge on any atom is 0.338 e. The number of aromatic nitrogens is 1. The largest absolute Gasteiger partial charge is 0.504 e. The molecule has 1 unspecified atom stereocenters. The Morgan fingerprint density at radius 3 is 2.68 bits per heavy atom. The van der Waals surface area contributed by atoms with Gasteiger partial charge in [0, 0.05) is 5.02 Å². The number of ether oxygens (including phenoxy) is 2. The van der Waals surface area contributed by atoms with Crippen molar-refractivity contribution < 1.29 is 19.4 Å². The lowest BCUT2D eigenvalue weighted by Crippen LogP contribution is -2.39. The summed E-state index contributed by atoms with van der Waals surface area (Å²) in [6.07, 6.45) is 1.72. The van der Waals surface area contributed by atoms with E-state index in [0.29, 0.717) is 40.5 Å². The quantitative estimate of drug-likeness (QED) is 0.351. The van der Waals surface area contributed by atoms with Crippen LogP contribution in [0.5, 0.6) is 11.5 Å². The molecule has 3 aromatic rings. The predicted molar refractivity (Wildman–Crippen MR) is 139 cm³/mol. The Morgan fingerprint density at radius 2 is 2.03 bits per heavy atom. The summed E-state index contributed by atoms with van der Waals surface area (Å²) in [7, 11) is 1.47. The molecule has 1 aliphatic rings. The first-order chi connectivity index (χ1) is 16.2. The summed E-state index contributed by atoms with van der Waals surface area (Å²) in [5.41, 5.74) is 1.92. The van der Waals surface area contributed by atoms with Crippen LogP contribution >= 0.6 is 45.5 Å². The van der Waals surface area contributed by atoms with Crippen molar-refractivity contribution in [1.29, 1.82) is 0 Å². The van der Waals surface area contributed by atoms with Crippen LogP contribution in [0.2, 0.25) is 5.02 Å². The number of aromatic hydroxyl groups is 1. The van der Waals surface area contributed by atoms with Gasteiger partial charge in [0.2, 0.25) is 0 Å². The number of hydrogen-bond donors (Lipinski definition) is 1. The first kappa shape index (κ1) is 24.5. The van der Waals surface area contributed by atoms with Gasteiger partial charge in [-0.3, -0.25) is 9.36 Å². The van der Waals surface area contributed by atoms with Gasteiger partial charge in [-0.2, -0.15) is 0 Å². The fourth-order valence-electron chi connectivity index (χ4n) is 3.74. The second-order valence-electron chi connectivity index (χ2n) is 7.41.